The first kappa shape index (κ1) is 20.5. The third kappa shape index (κ3) is 4.80. The summed E-state index contributed by atoms with van der Waals surface area (Å²) in [5, 5.41) is -0.246. The van der Waals surface area contributed by atoms with Gasteiger partial charge in [-0.3, -0.25) is 0 Å². The molecule has 0 saturated carbocycles. The molecular formula is C18H13Cl2F4NO3. The van der Waals surface area contributed by atoms with Gasteiger partial charge in [-0.2, -0.15) is 8.78 Å². The normalized spacial score (nSPS) is 16.1. The molecule has 3 rings (SSSR count). The number of rotatable bonds is 7. The van der Waals surface area contributed by atoms with Gasteiger partial charge < -0.3 is 14.2 Å². The third-order valence-corrected chi connectivity index (χ3v) is 4.35. The Labute approximate surface area is 167 Å². The highest BCUT2D eigenvalue weighted by Gasteiger charge is 2.25. The maximum atomic E-state index is 13.8. The minimum absolute atomic E-state index is 0.0970. The number of hydrogen-bond acceptors (Lipinski definition) is 4. The van der Waals surface area contributed by atoms with Crippen LogP contribution in [-0.4, -0.2) is 31.8 Å². The largest absolute Gasteiger partial charge is 0.493 e. The van der Waals surface area contributed by atoms with E-state index >= 15 is 0 Å². The molecule has 0 spiro atoms. The van der Waals surface area contributed by atoms with Gasteiger partial charge in [0.05, 0.1) is 22.7 Å². The van der Waals surface area contributed by atoms with Crippen molar-refractivity contribution in [3.05, 3.63) is 57.6 Å². The number of nitrogens with zero attached hydrogens (tertiary/aromatic N) is 1. The predicted octanol–water partition coefficient (Wildman–Crippen LogP) is 5.49. The Bertz CT molecular complexity index is 852. The molecule has 0 amide bonds. The monoisotopic (exact) mass is 437 g/mol. The van der Waals surface area contributed by atoms with Crippen LogP contribution in [0.1, 0.15) is 12.0 Å². The Hall–Kier alpha value is -2.19. The van der Waals surface area contributed by atoms with Gasteiger partial charge in [0.25, 0.3) is 0 Å². The molecule has 1 heterocycles. The van der Waals surface area contributed by atoms with Crippen molar-refractivity contribution in [1.29, 1.82) is 0 Å². The van der Waals surface area contributed by atoms with Gasteiger partial charge in [-0.15, -0.1) is 0 Å². The lowest BCUT2D eigenvalue weighted by Crippen LogP contribution is -2.11. The number of ether oxygens (including phenoxy) is 3. The second-order valence-corrected chi connectivity index (χ2v) is 6.54. The Kier molecular flexibility index (Phi) is 6.51. The Balaban J connectivity index is 1.60. The molecule has 150 valence electrons. The molecule has 0 radical (unpaired) electrons. The highest BCUT2D eigenvalue weighted by Crippen LogP contribution is 2.37. The van der Waals surface area contributed by atoms with Gasteiger partial charge in [0.2, 0.25) is 5.90 Å². The van der Waals surface area contributed by atoms with E-state index in [1.807, 2.05) is 0 Å². The van der Waals surface area contributed by atoms with E-state index in [4.69, 9.17) is 32.7 Å². The van der Waals surface area contributed by atoms with E-state index < -0.39 is 18.2 Å². The van der Waals surface area contributed by atoms with E-state index in [0.717, 1.165) is 12.1 Å². The summed E-state index contributed by atoms with van der Waals surface area (Å²) in [6.07, 6.45) is 0.379. The molecule has 1 aliphatic heterocycles. The second-order valence-electron chi connectivity index (χ2n) is 5.73. The molecule has 2 aromatic carbocycles. The van der Waals surface area contributed by atoms with E-state index in [9.17, 15) is 17.6 Å². The maximum Gasteiger partial charge on any atom is 0.387 e. The quantitative estimate of drug-likeness (QED) is 0.537. The van der Waals surface area contributed by atoms with Crippen LogP contribution in [0.25, 0.3) is 0 Å². The molecule has 10 heteroatoms. The zero-order valence-electron chi connectivity index (χ0n) is 14.1. The lowest BCUT2D eigenvalue weighted by atomic mass is 10.2. The molecule has 0 N–H and O–H groups in total. The van der Waals surface area contributed by atoms with E-state index in [1.165, 1.54) is 18.2 Å². The Morgan fingerprint density at radius 2 is 1.79 bits per heavy atom. The van der Waals surface area contributed by atoms with Crippen molar-refractivity contribution in [3.63, 3.8) is 0 Å². The summed E-state index contributed by atoms with van der Waals surface area (Å²) in [6.45, 7) is -2.75. The lowest BCUT2D eigenvalue weighted by molar-refractivity contribution is -0.0497. The van der Waals surface area contributed by atoms with Gasteiger partial charge in [-0.25, -0.2) is 13.8 Å². The molecule has 2 aromatic rings. The van der Waals surface area contributed by atoms with Crippen LogP contribution in [-0.2, 0) is 4.74 Å². The summed E-state index contributed by atoms with van der Waals surface area (Å²) in [4.78, 5) is 4.17. The molecule has 0 bridgehead atoms. The van der Waals surface area contributed by atoms with E-state index in [0.29, 0.717) is 6.42 Å². The van der Waals surface area contributed by atoms with Gasteiger partial charge >= 0.3 is 6.61 Å². The average Bonchev–Trinajstić information content (AvgIpc) is 3.06. The van der Waals surface area contributed by atoms with E-state index in [2.05, 4.69) is 9.73 Å². The van der Waals surface area contributed by atoms with Crippen molar-refractivity contribution in [2.45, 2.75) is 19.1 Å². The smallest absolute Gasteiger partial charge is 0.387 e. The summed E-state index contributed by atoms with van der Waals surface area (Å²) < 4.78 is 67.2. The molecule has 0 aromatic heterocycles. The fraction of sp³-hybridized carbons (Fsp3) is 0.278. The zero-order chi connectivity index (χ0) is 20.3. The van der Waals surface area contributed by atoms with Gasteiger partial charge in [0.1, 0.15) is 29.6 Å². The van der Waals surface area contributed by atoms with Crippen molar-refractivity contribution in [2.75, 3.05) is 13.2 Å². The molecular weight excluding hydrogens is 425 g/mol. The highest BCUT2D eigenvalue weighted by molar-refractivity contribution is 6.37. The molecule has 4 nitrogen and oxygen atoms in total. The van der Waals surface area contributed by atoms with Crippen molar-refractivity contribution < 1.29 is 31.8 Å². The lowest BCUT2D eigenvalue weighted by Gasteiger charge is -2.12. The van der Waals surface area contributed by atoms with Gasteiger partial charge in [0, 0.05) is 18.6 Å². The first-order valence-corrected chi connectivity index (χ1v) is 8.82. The fourth-order valence-corrected chi connectivity index (χ4v) is 3.09. The highest BCUT2D eigenvalue weighted by atomic mass is 35.5. The topological polar surface area (TPSA) is 40.0 Å². The first-order valence-electron chi connectivity index (χ1n) is 8.06. The van der Waals surface area contributed by atoms with Crippen LogP contribution in [0, 0.1) is 11.6 Å². The number of hydrogen-bond donors (Lipinski definition) is 0. The molecule has 1 atom stereocenters. The molecule has 1 aliphatic rings. The molecule has 0 saturated heterocycles. The number of halogens is 6. The maximum absolute atomic E-state index is 13.8. The molecule has 0 aliphatic carbocycles. The van der Waals surface area contributed by atoms with Crippen LogP contribution in [0.3, 0.4) is 0 Å². The number of benzene rings is 2. The van der Waals surface area contributed by atoms with Crippen LogP contribution >= 0.6 is 23.2 Å². The average molecular weight is 438 g/mol. The second kappa shape index (κ2) is 8.87. The molecule has 1 unspecified atom stereocenters. The van der Waals surface area contributed by atoms with Crippen molar-refractivity contribution in [3.8, 4) is 11.5 Å². The Morgan fingerprint density at radius 3 is 2.39 bits per heavy atom. The van der Waals surface area contributed by atoms with Crippen molar-refractivity contribution in [2.24, 2.45) is 4.99 Å². The summed E-state index contributed by atoms with van der Waals surface area (Å²) in [5.41, 5.74) is -0.306. The Morgan fingerprint density at radius 1 is 1.14 bits per heavy atom. The van der Waals surface area contributed by atoms with Crippen LogP contribution in [0.4, 0.5) is 17.6 Å². The van der Waals surface area contributed by atoms with Crippen LogP contribution in [0.15, 0.2) is 35.3 Å². The summed E-state index contributed by atoms with van der Waals surface area (Å²) in [7, 11) is 0. The van der Waals surface area contributed by atoms with Gasteiger partial charge in [0.15, 0.2) is 5.75 Å². The van der Waals surface area contributed by atoms with Crippen LogP contribution in [0.2, 0.25) is 10.0 Å². The van der Waals surface area contributed by atoms with E-state index in [1.54, 1.807) is 0 Å². The molecule has 28 heavy (non-hydrogen) atoms. The number of aliphatic imine (C=N–C) groups is 1. The zero-order valence-corrected chi connectivity index (χ0v) is 15.6. The third-order valence-electron chi connectivity index (χ3n) is 3.79. The summed E-state index contributed by atoms with van der Waals surface area (Å²) >= 11 is 11.7. The standard InChI is InChI=1S/C18H13Cl2F4NO3/c19-11-6-10(7-12(20)16(11)28-18(23)24)26-5-4-9-8-27-17(25-9)15-13(21)2-1-3-14(15)22/h1-3,6-7,9,18H,4-5,8H2. The van der Waals surface area contributed by atoms with Crippen LogP contribution < -0.4 is 9.47 Å². The van der Waals surface area contributed by atoms with Crippen molar-refractivity contribution >= 4 is 29.1 Å². The minimum Gasteiger partial charge on any atom is -0.493 e. The van der Waals surface area contributed by atoms with Crippen LogP contribution in [0.5, 0.6) is 11.5 Å². The SMILES string of the molecule is Fc1cccc(F)c1C1=NC(CCOc2cc(Cl)c(OC(F)F)c(Cl)c2)CO1. The van der Waals surface area contributed by atoms with Gasteiger partial charge in [-0.05, 0) is 12.1 Å². The number of alkyl halides is 2. The first-order chi connectivity index (χ1) is 13.3. The summed E-state index contributed by atoms with van der Waals surface area (Å²) in [6, 6.07) is 5.72. The molecule has 0 fully saturated rings. The van der Waals surface area contributed by atoms with Crippen molar-refractivity contribution in [1.82, 2.24) is 0 Å². The minimum atomic E-state index is -3.06. The predicted molar refractivity (Wildman–Crippen MR) is 95.8 cm³/mol. The fourth-order valence-electron chi connectivity index (χ4n) is 2.54. The van der Waals surface area contributed by atoms with E-state index in [-0.39, 0.29) is 52.3 Å². The summed E-state index contributed by atoms with van der Waals surface area (Å²) in [5.74, 6) is -1.70. The van der Waals surface area contributed by atoms with Gasteiger partial charge in [-0.1, -0.05) is 29.3 Å².